The number of carbonyl (C=O) groups excluding carboxylic acids is 1. The molecule has 1 fully saturated rings. The average molecular weight is 282 g/mol. The molecule has 8 nitrogen and oxygen atoms in total. The Morgan fingerprint density at radius 3 is 3.00 bits per heavy atom. The number of carbonyl (C=O) groups is 2. The number of ether oxygens (including phenoxy) is 1. The zero-order chi connectivity index (χ0) is 14.8. The molecule has 8 heteroatoms. The summed E-state index contributed by atoms with van der Waals surface area (Å²) in [4.78, 5) is 30.1. The molecule has 5 N–H and O–H groups in total. The van der Waals surface area contributed by atoms with Crippen LogP contribution in [0.4, 0.5) is 0 Å². The van der Waals surface area contributed by atoms with Gasteiger partial charge in [-0.1, -0.05) is 0 Å². The number of aromatic amines is 1. The van der Waals surface area contributed by atoms with Crippen molar-refractivity contribution >= 4 is 11.9 Å². The third kappa shape index (κ3) is 2.81. The topological polar surface area (TPSA) is 130 Å². The maximum Gasteiger partial charge on any atom is 0.326 e. The number of nitrogens with one attached hydrogen (secondary N) is 2. The highest BCUT2D eigenvalue weighted by molar-refractivity contribution is 5.88. The highest BCUT2D eigenvalue weighted by atomic mass is 16.5. The van der Waals surface area contributed by atoms with Crippen LogP contribution in [0.1, 0.15) is 12.6 Å². The number of hydrogen-bond acceptors (Lipinski definition) is 5. The summed E-state index contributed by atoms with van der Waals surface area (Å²) in [5.74, 6) is -1.52. The third-order valence-electron chi connectivity index (χ3n) is 3.62. The van der Waals surface area contributed by atoms with Crippen molar-refractivity contribution in [2.75, 3.05) is 13.2 Å². The number of nitrogens with two attached hydrogens (primary N) is 1. The molecule has 3 atom stereocenters. The SMILES string of the molecule is CC1(C(=O)N[C@@H](Cc2cnc[nH]2)C(=O)O)COCC1N. The van der Waals surface area contributed by atoms with Gasteiger partial charge in [0.05, 0.1) is 25.0 Å². The van der Waals surface area contributed by atoms with Gasteiger partial charge in [0.2, 0.25) is 5.91 Å². The van der Waals surface area contributed by atoms with Crippen LogP contribution in [0.5, 0.6) is 0 Å². The Morgan fingerprint density at radius 2 is 2.50 bits per heavy atom. The zero-order valence-electron chi connectivity index (χ0n) is 11.1. The van der Waals surface area contributed by atoms with Crippen LogP contribution in [0.2, 0.25) is 0 Å². The zero-order valence-corrected chi connectivity index (χ0v) is 11.1. The predicted octanol–water partition coefficient (Wildman–Crippen LogP) is -1.11. The van der Waals surface area contributed by atoms with Crippen LogP contribution in [0, 0.1) is 5.41 Å². The minimum absolute atomic E-state index is 0.132. The first-order chi connectivity index (χ1) is 9.43. The Labute approximate surface area is 115 Å². The summed E-state index contributed by atoms with van der Waals surface area (Å²) >= 11 is 0. The van der Waals surface area contributed by atoms with Gasteiger partial charge in [-0.25, -0.2) is 9.78 Å². The highest BCUT2D eigenvalue weighted by Crippen LogP contribution is 2.27. The maximum atomic E-state index is 12.3. The van der Waals surface area contributed by atoms with E-state index in [0.717, 1.165) is 0 Å². The summed E-state index contributed by atoms with van der Waals surface area (Å²) in [6.45, 7) is 2.16. The number of H-pyrrole nitrogens is 1. The van der Waals surface area contributed by atoms with E-state index in [1.165, 1.54) is 12.5 Å². The van der Waals surface area contributed by atoms with Crippen LogP contribution in [0.3, 0.4) is 0 Å². The normalized spacial score (nSPS) is 27.2. The van der Waals surface area contributed by atoms with Gasteiger partial charge in [0, 0.05) is 24.4 Å². The lowest BCUT2D eigenvalue weighted by atomic mass is 9.84. The van der Waals surface area contributed by atoms with Crippen molar-refractivity contribution in [1.29, 1.82) is 0 Å². The minimum atomic E-state index is -1.11. The Kier molecular flexibility index (Phi) is 4.05. The van der Waals surface area contributed by atoms with Gasteiger partial charge in [0.15, 0.2) is 0 Å². The molecule has 0 aromatic carbocycles. The molecule has 2 unspecified atom stereocenters. The van der Waals surface area contributed by atoms with E-state index in [-0.39, 0.29) is 13.0 Å². The number of carboxylic acids is 1. The molecule has 0 spiro atoms. The summed E-state index contributed by atoms with van der Waals surface area (Å²) in [5.41, 5.74) is 5.59. The molecule has 1 aromatic rings. The lowest BCUT2D eigenvalue weighted by molar-refractivity contribution is -0.143. The van der Waals surface area contributed by atoms with Gasteiger partial charge in [0.1, 0.15) is 6.04 Å². The van der Waals surface area contributed by atoms with Crippen LogP contribution in [0.25, 0.3) is 0 Å². The quantitative estimate of drug-likeness (QED) is 0.541. The van der Waals surface area contributed by atoms with Gasteiger partial charge < -0.3 is 25.9 Å². The van der Waals surface area contributed by atoms with Crippen molar-refractivity contribution in [1.82, 2.24) is 15.3 Å². The molecule has 1 saturated heterocycles. The molecule has 1 aromatic heterocycles. The molecule has 0 saturated carbocycles. The van der Waals surface area contributed by atoms with E-state index in [4.69, 9.17) is 10.5 Å². The fraction of sp³-hybridized carbons (Fsp3) is 0.583. The van der Waals surface area contributed by atoms with Crippen LogP contribution < -0.4 is 11.1 Å². The molecular weight excluding hydrogens is 264 g/mol. The maximum absolute atomic E-state index is 12.3. The van der Waals surface area contributed by atoms with Gasteiger partial charge in [-0.05, 0) is 6.92 Å². The van der Waals surface area contributed by atoms with Crippen molar-refractivity contribution in [3.63, 3.8) is 0 Å². The molecule has 2 rings (SSSR count). The highest BCUT2D eigenvalue weighted by Gasteiger charge is 2.45. The number of hydrogen-bond donors (Lipinski definition) is 4. The Balaban J connectivity index is 2.04. The van der Waals surface area contributed by atoms with Gasteiger partial charge in [-0.3, -0.25) is 4.79 Å². The second-order valence-electron chi connectivity index (χ2n) is 5.18. The first-order valence-electron chi connectivity index (χ1n) is 6.28. The largest absolute Gasteiger partial charge is 0.480 e. The van der Waals surface area contributed by atoms with Crippen molar-refractivity contribution in [2.45, 2.75) is 25.4 Å². The fourth-order valence-electron chi connectivity index (χ4n) is 2.06. The molecule has 0 radical (unpaired) electrons. The Bertz CT molecular complexity index is 490. The predicted molar refractivity (Wildman–Crippen MR) is 68.8 cm³/mol. The number of carboxylic acid groups (broad SMARTS) is 1. The second kappa shape index (κ2) is 5.59. The second-order valence-corrected chi connectivity index (χ2v) is 5.18. The van der Waals surface area contributed by atoms with E-state index in [2.05, 4.69) is 15.3 Å². The van der Waals surface area contributed by atoms with Gasteiger partial charge >= 0.3 is 5.97 Å². The number of imidazole rings is 1. The average Bonchev–Trinajstić information content (AvgIpc) is 3.00. The molecule has 0 aliphatic carbocycles. The van der Waals surface area contributed by atoms with Crippen LogP contribution >= 0.6 is 0 Å². The van der Waals surface area contributed by atoms with Crippen LogP contribution in [0.15, 0.2) is 12.5 Å². The van der Waals surface area contributed by atoms with E-state index >= 15 is 0 Å². The summed E-state index contributed by atoms with van der Waals surface area (Å²) < 4.78 is 5.19. The molecular formula is C12H18N4O4. The summed E-state index contributed by atoms with van der Waals surface area (Å²) in [5, 5.41) is 11.7. The molecule has 1 aliphatic heterocycles. The smallest absolute Gasteiger partial charge is 0.326 e. The van der Waals surface area contributed by atoms with Crippen molar-refractivity contribution in [3.8, 4) is 0 Å². The van der Waals surface area contributed by atoms with E-state index in [1.807, 2.05) is 0 Å². The van der Waals surface area contributed by atoms with Crippen LogP contribution in [-0.2, 0) is 20.7 Å². The van der Waals surface area contributed by atoms with Crippen LogP contribution in [-0.4, -0.2) is 52.2 Å². The van der Waals surface area contributed by atoms with E-state index in [1.54, 1.807) is 6.92 Å². The number of amides is 1. The van der Waals surface area contributed by atoms with Crippen molar-refractivity contribution < 1.29 is 19.4 Å². The molecule has 0 bridgehead atoms. The molecule has 1 amide bonds. The Hall–Kier alpha value is -1.93. The Morgan fingerprint density at radius 1 is 1.75 bits per heavy atom. The van der Waals surface area contributed by atoms with Crippen molar-refractivity contribution in [2.24, 2.45) is 11.1 Å². The molecule has 1 aliphatic rings. The number of aromatic nitrogens is 2. The fourth-order valence-corrected chi connectivity index (χ4v) is 2.06. The van der Waals surface area contributed by atoms with Crippen molar-refractivity contribution in [3.05, 3.63) is 18.2 Å². The van der Waals surface area contributed by atoms with E-state index < -0.39 is 29.4 Å². The first kappa shape index (κ1) is 14.5. The van der Waals surface area contributed by atoms with E-state index in [9.17, 15) is 14.7 Å². The number of aliphatic carboxylic acids is 1. The summed E-state index contributed by atoms with van der Waals surface area (Å²) in [6, 6.07) is -1.48. The minimum Gasteiger partial charge on any atom is -0.480 e. The lowest BCUT2D eigenvalue weighted by Crippen LogP contribution is -2.54. The molecule has 110 valence electrons. The standard InChI is InChI=1S/C12H18N4O4/c1-12(5-20-4-9(12)13)11(19)16-8(10(17)18)2-7-3-14-6-15-7/h3,6,8-9H,2,4-5,13H2,1H3,(H,14,15)(H,16,19)(H,17,18)/t8-,9?,12?/m0/s1. The number of nitrogens with zero attached hydrogens (tertiary/aromatic N) is 1. The lowest BCUT2D eigenvalue weighted by Gasteiger charge is -2.27. The summed E-state index contributed by atoms with van der Waals surface area (Å²) in [7, 11) is 0. The number of rotatable bonds is 5. The first-order valence-corrected chi connectivity index (χ1v) is 6.28. The molecule has 2 heterocycles. The van der Waals surface area contributed by atoms with Gasteiger partial charge in [0.25, 0.3) is 0 Å². The molecule has 20 heavy (non-hydrogen) atoms. The van der Waals surface area contributed by atoms with Gasteiger partial charge in [-0.15, -0.1) is 0 Å². The summed E-state index contributed by atoms with van der Waals surface area (Å²) in [6.07, 6.45) is 3.11. The third-order valence-corrected chi connectivity index (χ3v) is 3.62. The monoisotopic (exact) mass is 282 g/mol. The van der Waals surface area contributed by atoms with Gasteiger partial charge in [-0.2, -0.15) is 0 Å². The van der Waals surface area contributed by atoms with E-state index in [0.29, 0.717) is 12.3 Å².